The van der Waals surface area contributed by atoms with Gasteiger partial charge in [-0.25, -0.2) is 9.59 Å². The zero-order valence-corrected chi connectivity index (χ0v) is 12.1. The summed E-state index contributed by atoms with van der Waals surface area (Å²) < 4.78 is 9.64. The summed E-state index contributed by atoms with van der Waals surface area (Å²) in [6.07, 6.45) is 0.354. The summed E-state index contributed by atoms with van der Waals surface area (Å²) in [5.41, 5.74) is -0.00355. The van der Waals surface area contributed by atoms with Crippen molar-refractivity contribution >= 4 is 17.6 Å². The van der Waals surface area contributed by atoms with Crippen LogP contribution in [0.5, 0.6) is 0 Å². The SMILES string of the molecule is CC(C)(C)OC(=O)C(=O)OCCc1ccc([N+](=O)[O-])cc1. The first-order valence-corrected chi connectivity index (χ1v) is 6.32. The first-order chi connectivity index (χ1) is 9.69. The minimum atomic E-state index is -1.05. The van der Waals surface area contributed by atoms with Crippen LogP contribution in [0.25, 0.3) is 0 Å². The van der Waals surface area contributed by atoms with Gasteiger partial charge in [-0.2, -0.15) is 0 Å². The maximum Gasteiger partial charge on any atom is 0.417 e. The Morgan fingerprint density at radius 1 is 1.14 bits per heavy atom. The summed E-state index contributed by atoms with van der Waals surface area (Å²) in [7, 11) is 0. The smallest absolute Gasteiger partial charge is 0.417 e. The molecule has 0 aliphatic rings. The second-order valence-electron chi connectivity index (χ2n) is 5.31. The van der Waals surface area contributed by atoms with E-state index in [4.69, 9.17) is 9.47 Å². The molecule has 1 rings (SSSR count). The maximum atomic E-state index is 11.4. The van der Waals surface area contributed by atoms with E-state index in [1.54, 1.807) is 32.9 Å². The predicted octanol–water partition coefficient (Wildman–Crippen LogP) is 2.02. The standard InChI is InChI=1S/C14H17NO6/c1-14(2,3)21-13(17)12(16)20-9-8-10-4-6-11(7-5-10)15(18)19/h4-7H,8-9H2,1-3H3. The zero-order chi connectivity index (χ0) is 16.0. The number of nitrogens with zero attached hydrogens (tertiary/aromatic N) is 1. The number of hydrogen-bond acceptors (Lipinski definition) is 6. The fraction of sp³-hybridized carbons (Fsp3) is 0.429. The van der Waals surface area contributed by atoms with Crippen LogP contribution in [-0.4, -0.2) is 29.1 Å². The van der Waals surface area contributed by atoms with Gasteiger partial charge in [0, 0.05) is 18.6 Å². The van der Waals surface area contributed by atoms with Gasteiger partial charge in [0.2, 0.25) is 0 Å². The number of ether oxygens (including phenoxy) is 2. The van der Waals surface area contributed by atoms with Crippen LogP contribution in [0.2, 0.25) is 0 Å². The van der Waals surface area contributed by atoms with Gasteiger partial charge < -0.3 is 9.47 Å². The van der Waals surface area contributed by atoms with Crippen LogP contribution in [-0.2, 0) is 25.5 Å². The molecule has 0 bridgehead atoms. The Labute approximate surface area is 122 Å². The van der Waals surface area contributed by atoms with Gasteiger partial charge in [-0.15, -0.1) is 0 Å². The van der Waals surface area contributed by atoms with Crippen LogP contribution in [0.15, 0.2) is 24.3 Å². The second-order valence-corrected chi connectivity index (χ2v) is 5.31. The summed E-state index contributed by atoms with van der Waals surface area (Å²) >= 11 is 0. The molecule has 7 heteroatoms. The molecule has 0 saturated heterocycles. The molecule has 0 aliphatic heterocycles. The number of nitro groups is 1. The van der Waals surface area contributed by atoms with Crippen molar-refractivity contribution < 1.29 is 24.0 Å². The summed E-state index contributed by atoms with van der Waals surface area (Å²) in [6.45, 7) is 4.94. The summed E-state index contributed by atoms with van der Waals surface area (Å²) in [4.78, 5) is 32.7. The normalized spacial score (nSPS) is 10.8. The lowest BCUT2D eigenvalue weighted by Crippen LogP contribution is -2.30. The van der Waals surface area contributed by atoms with E-state index in [0.29, 0.717) is 6.42 Å². The number of rotatable bonds is 4. The summed E-state index contributed by atoms with van der Waals surface area (Å²) in [5, 5.41) is 10.5. The number of nitro benzene ring substituents is 1. The Hall–Kier alpha value is -2.44. The minimum absolute atomic E-state index is 0.00408. The van der Waals surface area contributed by atoms with Crippen LogP contribution in [0.1, 0.15) is 26.3 Å². The lowest BCUT2D eigenvalue weighted by molar-refractivity contribution is -0.384. The average molecular weight is 295 g/mol. The molecule has 0 radical (unpaired) electrons. The van der Waals surface area contributed by atoms with Gasteiger partial charge in [-0.05, 0) is 26.3 Å². The van der Waals surface area contributed by atoms with Crippen LogP contribution in [0.4, 0.5) is 5.69 Å². The fourth-order valence-corrected chi connectivity index (χ4v) is 1.42. The number of carbonyl (C=O) groups excluding carboxylic acids is 2. The molecule has 0 aromatic heterocycles. The van der Waals surface area contributed by atoms with E-state index in [9.17, 15) is 19.7 Å². The van der Waals surface area contributed by atoms with Gasteiger partial charge in [0.05, 0.1) is 11.5 Å². The molecular formula is C14H17NO6. The molecule has 1 aromatic carbocycles. The predicted molar refractivity (Wildman–Crippen MR) is 73.6 cm³/mol. The number of hydrogen-bond donors (Lipinski definition) is 0. The Bertz CT molecular complexity index is 529. The minimum Gasteiger partial charge on any atom is -0.457 e. The van der Waals surface area contributed by atoms with Crippen molar-refractivity contribution in [1.82, 2.24) is 0 Å². The number of carbonyl (C=O) groups is 2. The molecule has 0 fully saturated rings. The lowest BCUT2D eigenvalue weighted by atomic mass is 10.1. The van der Waals surface area contributed by atoms with Crippen molar-refractivity contribution in [3.63, 3.8) is 0 Å². The van der Waals surface area contributed by atoms with E-state index in [2.05, 4.69) is 0 Å². The molecule has 0 heterocycles. The number of non-ortho nitro benzene ring substituents is 1. The molecule has 7 nitrogen and oxygen atoms in total. The van der Waals surface area contributed by atoms with Gasteiger partial charge >= 0.3 is 11.9 Å². The van der Waals surface area contributed by atoms with Gasteiger partial charge in [-0.1, -0.05) is 12.1 Å². The van der Waals surface area contributed by atoms with Crippen molar-refractivity contribution in [2.45, 2.75) is 32.8 Å². The molecule has 0 amide bonds. The Morgan fingerprint density at radius 3 is 2.19 bits per heavy atom. The third kappa shape index (κ3) is 6.03. The highest BCUT2D eigenvalue weighted by molar-refractivity contribution is 6.29. The zero-order valence-electron chi connectivity index (χ0n) is 12.1. The van der Waals surface area contributed by atoms with E-state index in [1.807, 2.05) is 0 Å². The molecule has 0 unspecified atom stereocenters. The van der Waals surface area contributed by atoms with E-state index in [0.717, 1.165) is 5.56 Å². The lowest BCUT2D eigenvalue weighted by Gasteiger charge is -2.18. The number of esters is 2. The third-order valence-corrected chi connectivity index (χ3v) is 2.34. The fourth-order valence-electron chi connectivity index (χ4n) is 1.42. The van der Waals surface area contributed by atoms with E-state index in [-0.39, 0.29) is 12.3 Å². The van der Waals surface area contributed by atoms with Gasteiger partial charge in [0.25, 0.3) is 5.69 Å². The molecular weight excluding hydrogens is 278 g/mol. The van der Waals surface area contributed by atoms with Crippen LogP contribution in [0.3, 0.4) is 0 Å². The van der Waals surface area contributed by atoms with Crippen LogP contribution in [0, 0.1) is 10.1 Å². The van der Waals surface area contributed by atoms with Gasteiger partial charge in [0.1, 0.15) is 5.60 Å². The topological polar surface area (TPSA) is 95.7 Å². The van der Waals surface area contributed by atoms with Crippen LogP contribution >= 0.6 is 0 Å². The third-order valence-electron chi connectivity index (χ3n) is 2.34. The molecule has 1 aromatic rings. The van der Waals surface area contributed by atoms with Crippen molar-refractivity contribution in [1.29, 1.82) is 0 Å². The van der Waals surface area contributed by atoms with Crippen molar-refractivity contribution in [3.8, 4) is 0 Å². The average Bonchev–Trinajstić information content (AvgIpc) is 2.37. The highest BCUT2D eigenvalue weighted by Crippen LogP contribution is 2.12. The summed E-state index contributed by atoms with van der Waals surface area (Å²) in [5.74, 6) is -2.09. The Kier molecular flexibility index (Phi) is 5.40. The van der Waals surface area contributed by atoms with E-state index < -0.39 is 22.5 Å². The van der Waals surface area contributed by atoms with E-state index >= 15 is 0 Å². The second kappa shape index (κ2) is 6.83. The molecule has 0 spiro atoms. The molecule has 0 atom stereocenters. The highest BCUT2D eigenvalue weighted by atomic mass is 16.6. The Morgan fingerprint density at radius 2 is 1.71 bits per heavy atom. The first kappa shape index (κ1) is 16.6. The van der Waals surface area contributed by atoms with Gasteiger partial charge in [-0.3, -0.25) is 10.1 Å². The first-order valence-electron chi connectivity index (χ1n) is 6.32. The van der Waals surface area contributed by atoms with Crippen molar-refractivity contribution in [2.75, 3.05) is 6.61 Å². The molecule has 0 aliphatic carbocycles. The van der Waals surface area contributed by atoms with Gasteiger partial charge in [0.15, 0.2) is 0 Å². The van der Waals surface area contributed by atoms with E-state index in [1.165, 1.54) is 12.1 Å². The number of benzene rings is 1. The largest absolute Gasteiger partial charge is 0.457 e. The highest BCUT2D eigenvalue weighted by Gasteiger charge is 2.24. The molecule has 0 saturated carbocycles. The van der Waals surface area contributed by atoms with Crippen LogP contribution < -0.4 is 0 Å². The quantitative estimate of drug-likeness (QED) is 0.365. The molecule has 21 heavy (non-hydrogen) atoms. The summed E-state index contributed by atoms with van der Waals surface area (Å²) in [6, 6.07) is 5.87. The molecule has 0 N–H and O–H groups in total. The molecule has 114 valence electrons. The van der Waals surface area contributed by atoms with Crippen molar-refractivity contribution in [2.24, 2.45) is 0 Å². The maximum absolute atomic E-state index is 11.4. The monoisotopic (exact) mass is 295 g/mol. The Balaban J connectivity index is 2.41. The van der Waals surface area contributed by atoms with Crippen molar-refractivity contribution in [3.05, 3.63) is 39.9 Å².